The van der Waals surface area contributed by atoms with E-state index in [-0.39, 0.29) is 46.2 Å². The van der Waals surface area contributed by atoms with E-state index in [0.29, 0.717) is 12.1 Å². The normalized spacial score (nSPS) is 22.6. The number of pyridine rings is 1. The number of ether oxygens (including phenoxy) is 1. The van der Waals surface area contributed by atoms with Crippen LogP contribution in [0.4, 0.5) is 15.8 Å². The van der Waals surface area contributed by atoms with Crippen LogP contribution in [0.1, 0.15) is 43.8 Å². The highest BCUT2D eigenvalue weighted by Crippen LogP contribution is 2.44. The molecule has 0 amide bonds. The van der Waals surface area contributed by atoms with Crippen LogP contribution in [0, 0.1) is 17.1 Å². The fourth-order valence-corrected chi connectivity index (χ4v) is 4.59. The first-order valence-corrected chi connectivity index (χ1v) is 9.98. The zero-order valence-electron chi connectivity index (χ0n) is 16.4. The van der Waals surface area contributed by atoms with E-state index >= 15 is 4.39 Å². The first-order chi connectivity index (χ1) is 14.5. The second-order valence-electron chi connectivity index (χ2n) is 8.00. The van der Waals surface area contributed by atoms with E-state index in [1.165, 1.54) is 6.20 Å². The highest BCUT2D eigenvalue weighted by molar-refractivity contribution is 6.00. The maximum Gasteiger partial charge on any atom is 0.209 e. The fourth-order valence-electron chi connectivity index (χ4n) is 4.59. The molecule has 3 aromatic rings. The van der Waals surface area contributed by atoms with Crippen LogP contribution in [0.3, 0.4) is 0 Å². The van der Waals surface area contributed by atoms with Crippen molar-refractivity contribution in [1.82, 2.24) is 14.3 Å². The molecular weight excluding hydrogens is 387 g/mol. The summed E-state index contributed by atoms with van der Waals surface area (Å²) in [5, 5.41) is 16.9. The minimum Gasteiger partial charge on any atom is -0.487 e. The zero-order chi connectivity index (χ0) is 21.0. The van der Waals surface area contributed by atoms with Crippen molar-refractivity contribution < 1.29 is 9.13 Å². The molecule has 1 saturated carbocycles. The highest BCUT2D eigenvalue weighted by Gasteiger charge is 2.32. The summed E-state index contributed by atoms with van der Waals surface area (Å²) in [6.45, 7) is 2.21. The minimum atomic E-state index is -0.715. The van der Waals surface area contributed by atoms with Crippen LogP contribution in [0.25, 0.3) is 10.9 Å². The predicted molar refractivity (Wildman–Crippen MR) is 110 cm³/mol. The number of aromatic nitrogens is 3. The molecule has 30 heavy (non-hydrogen) atoms. The predicted octanol–water partition coefficient (Wildman–Crippen LogP) is 2.95. The largest absolute Gasteiger partial charge is 0.487 e. The maximum absolute atomic E-state index is 15.4. The van der Waals surface area contributed by atoms with Gasteiger partial charge in [0.25, 0.3) is 0 Å². The summed E-state index contributed by atoms with van der Waals surface area (Å²) in [6.07, 6.45) is 7.74. The Bertz CT molecular complexity index is 1240. The van der Waals surface area contributed by atoms with Crippen LogP contribution in [0.5, 0.6) is 5.75 Å². The number of rotatable bonds is 3. The van der Waals surface area contributed by atoms with Gasteiger partial charge in [0.1, 0.15) is 23.9 Å². The van der Waals surface area contributed by atoms with E-state index in [4.69, 9.17) is 10.5 Å². The number of nitrogens with one attached hydrogen (secondary N) is 1. The average molecular weight is 408 g/mol. The lowest BCUT2D eigenvalue weighted by Crippen LogP contribution is -2.27. The summed E-state index contributed by atoms with van der Waals surface area (Å²) < 4.78 is 25.0. The summed E-state index contributed by atoms with van der Waals surface area (Å²) in [5.74, 6) is -0.438. The average Bonchev–Trinajstić information content (AvgIpc) is 3.42. The number of hydrogen-bond acceptors (Lipinski definition) is 6. The summed E-state index contributed by atoms with van der Waals surface area (Å²) in [4.78, 5) is 12.7. The summed E-state index contributed by atoms with van der Waals surface area (Å²) >= 11 is 0. The van der Waals surface area contributed by atoms with Gasteiger partial charge in [0.2, 0.25) is 5.43 Å². The van der Waals surface area contributed by atoms with E-state index in [9.17, 15) is 10.1 Å². The number of nitriles is 1. The Kier molecular flexibility index (Phi) is 4.17. The van der Waals surface area contributed by atoms with Gasteiger partial charge in [0, 0.05) is 24.6 Å². The molecule has 5 rings (SSSR count). The third-order valence-corrected chi connectivity index (χ3v) is 6.12. The Morgan fingerprint density at radius 2 is 2.27 bits per heavy atom. The minimum absolute atomic E-state index is 0.000473. The highest BCUT2D eigenvalue weighted by atomic mass is 19.1. The lowest BCUT2D eigenvalue weighted by molar-refractivity contribution is 0.247. The van der Waals surface area contributed by atoms with E-state index in [2.05, 4.69) is 10.4 Å². The quantitative estimate of drug-likeness (QED) is 0.645. The number of benzene rings is 1. The zero-order valence-corrected chi connectivity index (χ0v) is 16.4. The monoisotopic (exact) mass is 408 g/mol. The topological polar surface area (TPSA) is 111 Å². The molecule has 0 saturated heterocycles. The lowest BCUT2D eigenvalue weighted by atomic mass is 10.0. The number of nitrogen functional groups attached to an aromatic ring is 1. The number of anilines is 2. The van der Waals surface area contributed by atoms with Crippen molar-refractivity contribution in [3.8, 4) is 11.8 Å². The molecule has 0 spiro atoms. The standard InChI is InChI=1S/C21H21FN6O2/c1-11-10-30-21-18(26-13-3-4-14(7-13)28-6-2-5-25-28)16(22)17(24)15-19(21)27(11)9-12(8-23)20(15)29/h2,5-6,9,11,13-14,26H,3-4,7,10,24H2,1H3/t11-,13+,14+/m0/s1. The van der Waals surface area contributed by atoms with Gasteiger partial charge in [-0.1, -0.05) is 0 Å². The number of halogens is 1. The molecule has 3 N–H and O–H groups in total. The lowest BCUT2D eigenvalue weighted by Gasteiger charge is -2.30. The van der Waals surface area contributed by atoms with Crippen LogP contribution in [0.2, 0.25) is 0 Å². The van der Waals surface area contributed by atoms with Crippen LogP contribution in [-0.4, -0.2) is 27.0 Å². The molecule has 0 radical (unpaired) electrons. The summed E-state index contributed by atoms with van der Waals surface area (Å²) in [5.41, 5.74) is 5.79. The van der Waals surface area contributed by atoms with Crippen LogP contribution >= 0.6 is 0 Å². The molecule has 2 aliphatic rings. The van der Waals surface area contributed by atoms with Crippen LogP contribution in [-0.2, 0) is 0 Å². The Morgan fingerprint density at radius 1 is 1.43 bits per heavy atom. The third-order valence-electron chi connectivity index (χ3n) is 6.12. The van der Waals surface area contributed by atoms with Gasteiger partial charge in [-0.3, -0.25) is 9.48 Å². The SMILES string of the molecule is C[C@H]1COc2c(N[C@@H]3CC[C@@H](n4cccn4)C3)c(F)c(N)c3c(=O)c(C#N)cn1c23. The van der Waals surface area contributed by atoms with Crippen molar-refractivity contribution in [1.29, 1.82) is 5.26 Å². The van der Waals surface area contributed by atoms with E-state index in [1.54, 1.807) is 10.8 Å². The van der Waals surface area contributed by atoms with Gasteiger partial charge in [-0.05, 0) is 32.3 Å². The first kappa shape index (κ1) is 18.5. The number of hydrogen-bond donors (Lipinski definition) is 2. The van der Waals surface area contributed by atoms with Crippen molar-refractivity contribution in [2.24, 2.45) is 0 Å². The first-order valence-electron chi connectivity index (χ1n) is 9.98. The van der Waals surface area contributed by atoms with Crippen LogP contribution < -0.4 is 21.2 Å². The van der Waals surface area contributed by atoms with Gasteiger partial charge in [-0.25, -0.2) is 4.39 Å². The van der Waals surface area contributed by atoms with Gasteiger partial charge >= 0.3 is 0 Å². The molecule has 3 atom stereocenters. The van der Waals surface area contributed by atoms with E-state index in [0.717, 1.165) is 19.3 Å². The maximum atomic E-state index is 15.4. The molecule has 1 aromatic carbocycles. The molecule has 2 aromatic heterocycles. The molecule has 1 aliphatic carbocycles. The number of nitrogens with zero attached hydrogens (tertiary/aromatic N) is 4. The summed E-state index contributed by atoms with van der Waals surface area (Å²) in [7, 11) is 0. The molecule has 0 unspecified atom stereocenters. The molecule has 3 heterocycles. The Labute approximate surface area is 171 Å². The van der Waals surface area contributed by atoms with Crippen molar-refractivity contribution in [2.45, 2.75) is 44.3 Å². The molecule has 1 aliphatic heterocycles. The molecule has 1 fully saturated rings. The van der Waals surface area contributed by atoms with Gasteiger partial charge in [0.15, 0.2) is 11.6 Å². The molecular formula is C21H21FN6O2. The smallest absolute Gasteiger partial charge is 0.209 e. The molecule has 8 nitrogen and oxygen atoms in total. The van der Waals surface area contributed by atoms with Crippen molar-refractivity contribution >= 4 is 22.3 Å². The van der Waals surface area contributed by atoms with Gasteiger partial charge < -0.3 is 20.4 Å². The Balaban J connectivity index is 1.61. The van der Waals surface area contributed by atoms with Gasteiger partial charge in [-0.2, -0.15) is 10.4 Å². The second-order valence-corrected chi connectivity index (χ2v) is 8.00. The van der Waals surface area contributed by atoms with Gasteiger partial charge in [-0.15, -0.1) is 0 Å². The third kappa shape index (κ3) is 2.64. The summed E-state index contributed by atoms with van der Waals surface area (Å²) in [6, 6.07) is 3.91. The number of nitrogens with two attached hydrogens (primary N) is 1. The molecule has 9 heteroatoms. The van der Waals surface area contributed by atoms with E-state index in [1.807, 2.05) is 29.9 Å². The Hall–Kier alpha value is -3.54. The second kappa shape index (κ2) is 6.76. The fraction of sp³-hybridized carbons (Fsp3) is 0.381. The molecule has 0 bridgehead atoms. The van der Waals surface area contributed by atoms with E-state index < -0.39 is 11.2 Å². The van der Waals surface area contributed by atoms with Crippen LogP contribution in [0.15, 0.2) is 29.5 Å². The molecule has 154 valence electrons. The van der Waals surface area contributed by atoms with Gasteiger partial charge in [0.05, 0.1) is 28.7 Å². The van der Waals surface area contributed by atoms with Crippen molar-refractivity contribution in [3.63, 3.8) is 0 Å². The Morgan fingerprint density at radius 3 is 3.00 bits per heavy atom. The van der Waals surface area contributed by atoms with Crippen molar-refractivity contribution in [2.75, 3.05) is 17.7 Å². The van der Waals surface area contributed by atoms with Crippen molar-refractivity contribution in [3.05, 3.63) is 46.3 Å².